The zero-order valence-corrected chi connectivity index (χ0v) is 15.0. The zero-order valence-electron chi connectivity index (χ0n) is 15.0. The molecule has 22 heavy (non-hydrogen) atoms. The molecule has 1 aromatic rings. The van der Waals surface area contributed by atoms with Gasteiger partial charge in [0.25, 0.3) is 0 Å². The second-order valence-electron chi connectivity index (χ2n) is 8.60. The Morgan fingerprint density at radius 2 is 1.86 bits per heavy atom. The zero-order chi connectivity index (χ0) is 15.9. The van der Waals surface area contributed by atoms with Gasteiger partial charge in [-0.25, -0.2) is 0 Å². The highest BCUT2D eigenvalue weighted by Crippen LogP contribution is 2.64. The maximum absolute atomic E-state index is 2.72. The van der Waals surface area contributed by atoms with E-state index in [4.69, 9.17) is 0 Å². The van der Waals surface area contributed by atoms with E-state index in [1.165, 1.54) is 24.8 Å². The minimum Gasteiger partial charge on any atom is -0.0691 e. The monoisotopic (exact) mass is 295 g/mol. The molecule has 0 aromatic heterocycles. The SMILES string of the molecule is CCC(c1ccccc1)C(C)[B][C@@H]1CC2CC([C@H]1C)C2(C)C. The van der Waals surface area contributed by atoms with Gasteiger partial charge in [0, 0.05) is 0 Å². The molecule has 0 aliphatic heterocycles. The summed E-state index contributed by atoms with van der Waals surface area (Å²) in [4.78, 5) is 0. The average Bonchev–Trinajstić information content (AvgIpc) is 2.50. The van der Waals surface area contributed by atoms with E-state index < -0.39 is 0 Å². The molecule has 1 heteroatoms. The van der Waals surface area contributed by atoms with E-state index in [0.29, 0.717) is 17.2 Å². The van der Waals surface area contributed by atoms with Gasteiger partial charge in [-0.15, -0.1) is 0 Å². The van der Waals surface area contributed by atoms with E-state index in [-0.39, 0.29) is 0 Å². The molecule has 3 aliphatic carbocycles. The summed E-state index contributed by atoms with van der Waals surface area (Å²) < 4.78 is 0. The number of hydrogen-bond acceptors (Lipinski definition) is 0. The van der Waals surface area contributed by atoms with Crippen LogP contribution in [0.3, 0.4) is 0 Å². The number of hydrogen-bond donors (Lipinski definition) is 0. The fourth-order valence-electron chi connectivity index (χ4n) is 5.58. The predicted octanol–water partition coefficient (Wildman–Crippen LogP) is 6.18. The van der Waals surface area contributed by atoms with Gasteiger partial charge in [0.15, 0.2) is 0 Å². The van der Waals surface area contributed by atoms with Crippen LogP contribution in [-0.2, 0) is 0 Å². The van der Waals surface area contributed by atoms with E-state index in [0.717, 1.165) is 23.6 Å². The van der Waals surface area contributed by atoms with Gasteiger partial charge in [-0.3, -0.25) is 0 Å². The van der Waals surface area contributed by atoms with Crippen molar-refractivity contribution < 1.29 is 0 Å². The molecule has 6 atom stereocenters. The fourth-order valence-corrected chi connectivity index (χ4v) is 5.58. The second kappa shape index (κ2) is 6.06. The Kier molecular flexibility index (Phi) is 4.45. The number of benzene rings is 1. The summed E-state index contributed by atoms with van der Waals surface area (Å²) in [5.74, 6) is 5.00. The van der Waals surface area contributed by atoms with Crippen LogP contribution in [0.25, 0.3) is 0 Å². The maximum Gasteiger partial charge on any atom is 0.118 e. The van der Waals surface area contributed by atoms with Crippen LogP contribution in [-0.4, -0.2) is 7.28 Å². The molecule has 1 radical (unpaired) electrons. The van der Waals surface area contributed by atoms with Gasteiger partial charge in [0.05, 0.1) is 0 Å². The largest absolute Gasteiger partial charge is 0.118 e. The highest BCUT2D eigenvalue weighted by molar-refractivity contribution is 6.40. The summed E-state index contributed by atoms with van der Waals surface area (Å²) in [6.45, 7) is 12.3. The number of rotatable bonds is 5. The Balaban J connectivity index is 1.66. The van der Waals surface area contributed by atoms with Gasteiger partial charge in [-0.2, -0.15) is 0 Å². The molecule has 3 aliphatic rings. The minimum absolute atomic E-state index is 0.608. The van der Waals surface area contributed by atoms with Crippen LogP contribution in [0.1, 0.15) is 65.4 Å². The summed E-state index contributed by atoms with van der Waals surface area (Å²) >= 11 is 0. The van der Waals surface area contributed by atoms with Crippen molar-refractivity contribution in [3.63, 3.8) is 0 Å². The lowest BCUT2D eigenvalue weighted by Gasteiger charge is -2.62. The highest BCUT2D eigenvalue weighted by atomic mass is 14.6. The van der Waals surface area contributed by atoms with Gasteiger partial charge in [0.2, 0.25) is 0 Å². The average molecular weight is 295 g/mol. The first-order chi connectivity index (χ1) is 10.4. The summed E-state index contributed by atoms with van der Waals surface area (Å²) in [6.07, 6.45) is 4.16. The van der Waals surface area contributed by atoms with E-state index in [1.807, 2.05) is 0 Å². The molecule has 4 rings (SSSR count). The molecule has 0 heterocycles. The Labute approximate surface area is 138 Å². The third-order valence-corrected chi connectivity index (χ3v) is 7.27. The summed E-state index contributed by atoms with van der Waals surface area (Å²) in [6, 6.07) is 11.1. The summed E-state index contributed by atoms with van der Waals surface area (Å²) in [5.41, 5.74) is 2.12. The Morgan fingerprint density at radius 1 is 1.18 bits per heavy atom. The first-order valence-electron chi connectivity index (χ1n) is 9.35. The summed E-state index contributed by atoms with van der Waals surface area (Å²) in [5, 5.41) is 0. The van der Waals surface area contributed by atoms with Crippen LogP contribution >= 0.6 is 0 Å². The van der Waals surface area contributed by atoms with E-state index in [2.05, 4.69) is 72.2 Å². The topological polar surface area (TPSA) is 0 Å². The first-order valence-corrected chi connectivity index (χ1v) is 9.35. The highest BCUT2D eigenvalue weighted by Gasteiger charge is 2.56. The fraction of sp³-hybridized carbons (Fsp3) is 0.714. The lowest BCUT2D eigenvalue weighted by Crippen LogP contribution is -2.54. The van der Waals surface area contributed by atoms with Crippen molar-refractivity contribution in [1.29, 1.82) is 0 Å². The van der Waals surface area contributed by atoms with Gasteiger partial charge < -0.3 is 0 Å². The quantitative estimate of drug-likeness (QED) is 0.569. The van der Waals surface area contributed by atoms with E-state index >= 15 is 0 Å². The molecule has 3 saturated carbocycles. The van der Waals surface area contributed by atoms with Crippen LogP contribution in [0.5, 0.6) is 0 Å². The number of fused-ring (bicyclic) bond motifs is 2. The van der Waals surface area contributed by atoms with Crippen LogP contribution < -0.4 is 0 Å². The van der Waals surface area contributed by atoms with Crippen molar-refractivity contribution in [3.8, 4) is 0 Å². The van der Waals surface area contributed by atoms with E-state index in [1.54, 1.807) is 0 Å². The van der Waals surface area contributed by atoms with Crippen molar-refractivity contribution in [1.82, 2.24) is 0 Å². The molecule has 2 bridgehead atoms. The molecule has 0 saturated heterocycles. The molecule has 4 unspecified atom stereocenters. The van der Waals surface area contributed by atoms with Crippen LogP contribution in [0.2, 0.25) is 11.6 Å². The molecular weight excluding hydrogens is 263 g/mol. The minimum atomic E-state index is 0.608. The predicted molar refractivity (Wildman–Crippen MR) is 97.6 cm³/mol. The molecule has 3 fully saturated rings. The lowest BCUT2D eigenvalue weighted by atomic mass is 9.35. The Hall–Kier alpha value is -0.715. The molecule has 0 nitrogen and oxygen atoms in total. The van der Waals surface area contributed by atoms with Gasteiger partial charge in [0.1, 0.15) is 7.28 Å². The molecule has 0 amide bonds. The van der Waals surface area contributed by atoms with Crippen molar-refractivity contribution in [2.45, 2.75) is 71.4 Å². The third kappa shape index (κ3) is 2.65. The summed E-state index contributed by atoms with van der Waals surface area (Å²) in [7, 11) is 2.72. The Morgan fingerprint density at radius 3 is 2.41 bits per heavy atom. The maximum atomic E-state index is 2.72. The standard InChI is InChI=1S/C21H32B/c1-6-18(16-10-8-7-9-11-16)15(3)22-20-13-17-12-19(14(20)2)21(17,4)5/h7-11,14-15,17-20H,6,12-13H2,1-5H3/t14-,15?,17?,18?,19?,20-/m1/s1. The molecule has 0 N–H and O–H groups in total. The third-order valence-electron chi connectivity index (χ3n) is 7.27. The van der Waals surface area contributed by atoms with Crippen molar-refractivity contribution in [2.75, 3.05) is 0 Å². The van der Waals surface area contributed by atoms with Crippen LogP contribution in [0.4, 0.5) is 0 Å². The molecular formula is C21H32B. The van der Waals surface area contributed by atoms with Crippen molar-refractivity contribution >= 4 is 7.28 Å². The normalized spacial score (nSPS) is 35.3. The van der Waals surface area contributed by atoms with Crippen LogP contribution in [0.15, 0.2) is 30.3 Å². The van der Waals surface area contributed by atoms with Crippen molar-refractivity contribution in [3.05, 3.63) is 35.9 Å². The van der Waals surface area contributed by atoms with Crippen molar-refractivity contribution in [2.24, 2.45) is 23.2 Å². The molecule has 119 valence electrons. The molecule has 1 aromatic carbocycles. The Bertz CT molecular complexity index is 492. The van der Waals surface area contributed by atoms with Gasteiger partial charge >= 0.3 is 0 Å². The lowest BCUT2D eigenvalue weighted by molar-refractivity contribution is -0.0987. The van der Waals surface area contributed by atoms with Gasteiger partial charge in [-0.1, -0.05) is 83.0 Å². The smallest absolute Gasteiger partial charge is 0.0691 e. The van der Waals surface area contributed by atoms with Gasteiger partial charge in [-0.05, 0) is 47.5 Å². The van der Waals surface area contributed by atoms with Crippen LogP contribution in [0, 0.1) is 23.2 Å². The second-order valence-corrected chi connectivity index (χ2v) is 8.60. The van der Waals surface area contributed by atoms with E-state index in [9.17, 15) is 0 Å². The first kappa shape index (κ1) is 16.2. The molecule has 0 spiro atoms.